The van der Waals surface area contributed by atoms with Crippen molar-refractivity contribution in [1.82, 2.24) is 5.32 Å². The van der Waals surface area contributed by atoms with Crippen molar-refractivity contribution in [2.75, 3.05) is 25.2 Å². The molecular weight excluding hydrogens is 278 g/mol. The first kappa shape index (κ1) is 18.4. The molecule has 2 nitrogen and oxygen atoms in total. The summed E-state index contributed by atoms with van der Waals surface area (Å²) >= 11 is 2.04. The third-order valence-corrected chi connectivity index (χ3v) is 4.39. The minimum absolute atomic E-state index is 0.185. The van der Waals surface area contributed by atoms with Crippen molar-refractivity contribution in [2.45, 2.75) is 46.1 Å². The van der Waals surface area contributed by atoms with Crippen LogP contribution in [0.15, 0.2) is 24.3 Å². The van der Waals surface area contributed by atoms with Crippen LogP contribution < -0.4 is 10.1 Å². The summed E-state index contributed by atoms with van der Waals surface area (Å²) in [5.74, 6) is 4.09. The van der Waals surface area contributed by atoms with Gasteiger partial charge in [-0.3, -0.25) is 0 Å². The molecule has 0 saturated heterocycles. The van der Waals surface area contributed by atoms with Gasteiger partial charge in [-0.05, 0) is 75.3 Å². The van der Waals surface area contributed by atoms with E-state index in [1.165, 1.54) is 23.5 Å². The Morgan fingerprint density at radius 3 is 2.67 bits per heavy atom. The molecule has 0 aliphatic rings. The summed E-state index contributed by atoms with van der Waals surface area (Å²) < 4.78 is 5.33. The van der Waals surface area contributed by atoms with Gasteiger partial charge in [-0.1, -0.05) is 19.1 Å². The Bertz CT molecular complexity index is 400. The van der Waals surface area contributed by atoms with Crippen LogP contribution in [0.1, 0.15) is 39.7 Å². The van der Waals surface area contributed by atoms with E-state index in [-0.39, 0.29) is 5.54 Å². The quantitative estimate of drug-likeness (QED) is 0.684. The standard InChI is InChI=1S/C18H31NOS/c1-6-21-11-10-16(14-19-18(2,3)4)12-15-8-7-9-17(13-15)20-5/h7-9,13,16,19H,6,10-12,14H2,1-5H3. The molecule has 1 rings (SSSR count). The van der Waals surface area contributed by atoms with Gasteiger partial charge in [0, 0.05) is 5.54 Å². The Morgan fingerprint density at radius 1 is 1.29 bits per heavy atom. The summed E-state index contributed by atoms with van der Waals surface area (Å²) in [6.45, 7) is 10.0. The normalized spacial score (nSPS) is 13.2. The molecule has 1 aromatic rings. The first-order chi connectivity index (χ1) is 9.94. The van der Waals surface area contributed by atoms with E-state index in [0.29, 0.717) is 5.92 Å². The summed E-state index contributed by atoms with van der Waals surface area (Å²) in [6.07, 6.45) is 2.38. The van der Waals surface area contributed by atoms with Crippen molar-refractivity contribution in [3.05, 3.63) is 29.8 Å². The van der Waals surface area contributed by atoms with E-state index in [1.54, 1.807) is 7.11 Å². The highest BCUT2D eigenvalue weighted by Gasteiger charge is 2.15. The Hall–Kier alpha value is -0.670. The highest BCUT2D eigenvalue weighted by molar-refractivity contribution is 7.99. The van der Waals surface area contributed by atoms with Crippen LogP contribution >= 0.6 is 11.8 Å². The van der Waals surface area contributed by atoms with Crippen molar-refractivity contribution < 1.29 is 4.74 Å². The van der Waals surface area contributed by atoms with Gasteiger partial charge in [-0.25, -0.2) is 0 Å². The summed E-state index contributed by atoms with van der Waals surface area (Å²) in [7, 11) is 1.73. The molecule has 1 N–H and O–H groups in total. The zero-order chi connectivity index (χ0) is 15.7. The van der Waals surface area contributed by atoms with Crippen LogP contribution in [0.2, 0.25) is 0 Å². The van der Waals surface area contributed by atoms with E-state index < -0.39 is 0 Å². The van der Waals surface area contributed by atoms with E-state index in [2.05, 4.69) is 51.2 Å². The number of thioether (sulfide) groups is 1. The zero-order valence-electron chi connectivity index (χ0n) is 14.2. The summed E-state index contributed by atoms with van der Waals surface area (Å²) in [6, 6.07) is 8.47. The van der Waals surface area contributed by atoms with Gasteiger partial charge in [0.25, 0.3) is 0 Å². The van der Waals surface area contributed by atoms with Crippen molar-refractivity contribution in [3.63, 3.8) is 0 Å². The van der Waals surface area contributed by atoms with Gasteiger partial charge in [0.05, 0.1) is 7.11 Å². The van der Waals surface area contributed by atoms with Crippen LogP contribution in [-0.4, -0.2) is 30.7 Å². The second-order valence-corrected chi connectivity index (χ2v) is 7.93. The van der Waals surface area contributed by atoms with Crippen LogP contribution in [-0.2, 0) is 6.42 Å². The second kappa shape index (κ2) is 9.37. The average molecular weight is 310 g/mol. The largest absolute Gasteiger partial charge is 0.497 e. The molecule has 0 heterocycles. The van der Waals surface area contributed by atoms with Gasteiger partial charge in [-0.15, -0.1) is 0 Å². The molecule has 0 fully saturated rings. The first-order valence-electron chi connectivity index (χ1n) is 7.90. The number of nitrogens with one attached hydrogen (secondary N) is 1. The third kappa shape index (κ3) is 8.37. The maximum Gasteiger partial charge on any atom is 0.119 e. The predicted molar refractivity (Wildman–Crippen MR) is 95.6 cm³/mol. The minimum atomic E-state index is 0.185. The monoisotopic (exact) mass is 309 g/mol. The van der Waals surface area contributed by atoms with Gasteiger partial charge in [0.1, 0.15) is 5.75 Å². The molecule has 3 heteroatoms. The Balaban J connectivity index is 2.61. The molecule has 0 aliphatic heterocycles. The van der Waals surface area contributed by atoms with Crippen LogP contribution in [0.25, 0.3) is 0 Å². The highest BCUT2D eigenvalue weighted by atomic mass is 32.2. The van der Waals surface area contributed by atoms with Crippen molar-refractivity contribution in [1.29, 1.82) is 0 Å². The molecule has 120 valence electrons. The predicted octanol–water partition coefficient (Wildman–Crippen LogP) is 4.39. The molecule has 0 aliphatic carbocycles. The van der Waals surface area contributed by atoms with Gasteiger partial charge in [-0.2, -0.15) is 11.8 Å². The number of hydrogen-bond acceptors (Lipinski definition) is 3. The Morgan fingerprint density at radius 2 is 2.05 bits per heavy atom. The lowest BCUT2D eigenvalue weighted by molar-refractivity contribution is 0.363. The Labute approximate surface area is 135 Å². The summed E-state index contributed by atoms with van der Waals surface area (Å²) in [5, 5.41) is 3.66. The number of hydrogen-bond donors (Lipinski definition) is 1. The number of rotatable bonds is 9. The maximum absolute atomic E-state index is 5.33. The molecule has 0 bridgehead atoms. The molecule has 1 unspecified atom stereocenters. The molecule has 0 saturated carbocycles. The Kier molecular flexibility index (Phi) is 8.20. The van der Waals surface area contributed by atoms with Crippen LogP contribution in [0.5, 0.6) is 5.75 Å². The van der Waals surface area contributed by atoms with Crippen LogP contribution in [0.3, 0.4) is 0 Å². The second-order valence-electron chi connectivity index (χ2n) is 6.54. The first-order valence-corrected chi connectivity index (χ1v) is 9.05. The molecule has 1 aromatic carbocycles. The van der Waals surface area contributed by atoms with Crippen molar-refractivity contribution in [3.8, 4) is 5.75 Å². The molecular formula is C18H31NOS. The number of benzene rings is 1. The van der Waals surface area contributed by atoms with E-state index in [4.69, 9.17) is 4.74 Å². The lowest BCUT2D eigenvalue weighted by atomic mass is 9.95. The van der Waals surface area contributed by atoms with E-state index in [1.807, 2.05) is 17.8 Å². The van der Waals surface area contributed by atoms with Gasteiger partial charge in [0.15, 0.2) is 0 Å². The topological polar surface area (TPSA) is 21.3 Å². The van der Waals surface area contributed by atoms with Gasteiger partial charge < -0.3 is 10.1 Å². The highest BCUT2D eigenvalue weighted by Crippen LogP contribution is 2.19. The lowest BCUT2D eigenvalue weighted by Crippen LogP contribution is -2.39. The fourth-order valence-corrected chi connectivity index (χ4v) is 3.04. The number of ether oxygens (including phenoxy) is 1. The molecule has 1 atom stereocenters. The zero-order valence-corrected chi connectivity index (χ0v) is 15.1. The van der Waals surface area contributed by atoms with E-state index in [9.17, 15) is 0 Å². The third-order valence-electron chi connectivity index (χ3n) is 3.45. The van der Waals surface area contributed by atoms with Crippen molar-refractivity contribution >= 4 is 11.8 Å². The fraction of sp³-hybridized carbons (Fsp3) is 0.667. The summed E-state index contributed by atoms with van der Waals surface area (Å²) in [4.78, 5) is 0. The number of methoxy groups -OCH3 is 1. The SMILES string of the molecule is CCSCCC(CNC(C)(C)C)Cc1cccc(OC)c1. The smallest absolute Gasteiger partial charge is 0.119 e. The van der Waals surface area contributed by atoms with Gasteiger partial charge in [0.2, 0.25) is 0 Å². The minimum Gasteiger partial charge on any atom is -0.497 e. The maximum atomic E-state index is 5.33. The molecule has 0 radical (unpaired) electrons. The van der Waals surface area contributed by atoms with Gasteiger partial charge >= 0.3 is 0 Å². The van der Waals surface area contributed by atoms with Crippen LogP contribution in [0, 0.1) is 5.92 Å². The molecule has 0 amide bonds. The molecule has 21 heavy (non-hydrogen) atoms. The summed E-state index contributed by atoms with van der Waals surface area (Å²) in [5.41, 5.74) is 1.56. The molecule has 0 aromatic heterocycles. The van der Waals surface area contributed by atoms with E-state index in [0.717, 1.165) is 18.7 Å². The average Bonchev–Trinajstić information content (AvgIpc) is 2.44. The van der Waals surface area contributed by atoms with E-state index >= 15 is 0 Å². The van der Waals surface area contributed by atoms with Crippen LogP contribution in [0.4, 0.5) is 0 Å². The molecule has 0 spiro atoms. The fourth-order valence-electron chi connectivity index (χ4n) is 2.25. The van der Waals surface area contributed by atoms with Crippen molar-refractivity contribution in [2.24, 2.45) is 5.92 Å². The lowest BCUT2D eigenvalue weighted by Gasteiger charge is -2.25.